The first-order valence-electron chi connectivity index (χ1n) is 6.01. The molecular formula is C14H17FN2O. The van der Waals surface area contributed by atoms with Crippen LogP contribution in [0.2, 0.25) is 0 Å². The molecule has 0 N–H and O–H groups in total. The van der Waals surface area contributed by atoms with Gasteiger partial charge in [-0.15, -0.1) is 0 Å². The molecule has 2 rings (SSSR count). The number of carbonyl (C=O) groups excluding carboxylic acids is 1. The third kappa shape index (κ3) is 2.42. The van der Waals surface area contributed by atoms with Gasteiger partial charge in [0.25, 0.3) is 0 Å². The van der Waals surface area contributed by atoms with Crippen LogP contribution in [0.15, 0.2) is 29.4 Å². The number of benzene rings is 1. The molecule has 1 heterocycles. The first kappa shape index (κ1) is 12.7. The monoisotopic (exact) mass is 248 g/mol. The maximum Gasteiger partial charge on any atom is 0.248 e. The Balaban J connectivity index is 2.27. The van der Waals surface area contributed by atoms with E-state index in [0.29, 0.717) is 6.42 Å². The second kappa shape index (κ2) is 4.52. The summed E-state index contributed by atoms with van der Waals surface area (Å²) in [5.74, 6) is -0.340. The van der Waals surface area contributed by atoms with Crippen LogP contribution in [-0.4, -0.2) is 17.1 Å². The number of amides is 1. The molecule has 1 unspecified atom stereocenters. The van der Waals surface area contributed by atoms with Crippen molar-refractivity contribution in [1.29, 1.82) is 0 Å². The lowest BCUT2D eigenvalue weighted by Crippen LogP contribution is -2.36. The zero-order valence-corrected chi connectivity index (χ0v) is 10.9. The van der Waals surface area contributed by atoms with E-state index in [1.54, 1.807) is 12.3 Å². The highest BCUT2D eigenvalue weighted by atomic mass is 19.1. The van der Waals surface area contributed by atoms with Crippen LogP contribution in [-0.2, 0) is 4.79 Å². The van der Waals surface area contributed by atoms with Gasteiger partial charge in [0, 0.05) is 18.1 Å². The van der Waals surface area contributed by atoms with Crippen LogP contribution in [0.1, 0.15) is 38.8 Å². The van der Waals surface area contributed by atoms with Gasteiger partial charge in [0.05, 0.1) is 6.04 Å². The number of hydrogen-bond donors (Lipinski definition) is 0. The Morgan fingerprint density at radius 3 is 2.78 bits per heavy atom. The molecule has 0 aromatic heterocycles. The van der Waals surface area contributed by atoms with Crippen molar-refractivity contribution in [3.8, 4) is 0 Å². The fourth-order valence-electron chi connectivity index (χ4n) is 1.94. The molecule has 0 fully saturated rings. The molecule has 1 aromatic rings. The van der Waals surface area contributed by atoms with Crippen molar-refractivity contribution in [1.82, 2.24) is 5.01 Å². The molecule has 1 aliphatic rings. The molecule has 0 radical (unpaired) electrons. The number of hydrazone groups is 1. The number of nitrogens with zero attached hydrogens (tertiary/aromatic N) is 2. The largest absolute Gasteiger partial charge is 0.272 e. The van der Waals surface area contributed by atoms with E-state index in [0.717, 1.165) is 5.56 Å². The van der Waals surface area contributed by atoms with Gasteiger partial charge in [-0.25, -0.2) is 9.40 Å². The Morgan fingerprint density at radius 2 is 2.17 bits per heavy atom. The number of carbonyl (C=O) groups is 1. The van der Waals surface area contributed by atoms with E-state index in [-0.39, 0.29) is 17.8 Å². The number of halogens is 1. The highest BCUT2D eigenvalue weighted by Gasteiger charge is 2.34. The highest BCUT2D eigenvalue weighted by molar-refractivity contribution is 5.84. The predicted molar refractivity (Wildman–Crippen MR) is 68.6 cm³/mol. The third-order valence-electron chi connectivity index (χ3n) is 2.91. The molecule has 0 saturated carbocycles. The topological polar surface area (TPSA) is 32.7 Å². The van der Waals surface area contributed by atoms with Gasteiger partial charge in [-0.3, -0.25) is 4.79 Å². The Morgan fingerprint density at radius 1 is 1.44 bits per heavy atom. The van der Waals surface area contributed by atoms with E-state index in [1.165, 1.54) is 17.1 Å². The van der Waals surface area contributed by atoms with Crippen molar-refractivity contribution < 1.29 is 9.18 Å². The second-order valence-corrected chi connectivity index (χ2v) is 5.50. The summed E-state index contributed by atoms with van der Waals surface area (Å²) >= 11 is 0. The molecule has 4 heteroatoms. The maximum absolute atomic E-state index is 13.2. The van der Waals surface area contributed by atoms with Gasteiger partial charge in [0.15, 0.2) is 0 Å². The molecule has 96 valence electrons. The molecule has 1 aromatic carbocycles. The van der Waals surface area contributed by atoms with Crippen LogP contribution in [0.5, 0.6) is 0 Å². The standard InChI is InChI=1S/C14H17FN2O/c1-14(2,3)13(18)17-12(7-8-16-17)10-5-4-6-11(15)9-10/h4-6,8-9,12H,7H2,1-3H3. The molecule has 0 aliphatic carbocycles. The zero-order valence-electron chi connectivity index (χ0n) is 10.9. The van der Waals surface area contributed by atoms with E-state index in [4.69, 9.17) is 0 Å². The molecule has 3 nitrogen and oxygen atoms in total. The van der Waals surface area contributed by atoms with E-state index >= 15 is 0 Å². The Hall–Kier alpha value is -1.71. The van der Waals surface area contributed by atoms with E-state index < -0.39 is 5.41 Å². The van der Waals surface area contributed by atoms with Gasteiger partial charge >= 0.3 is 0 Å². The van der Waals surface area contributed by atoms with Gasteiger partial charge < -0.3 is 0 Å². The van der Waals surface area contributed by atoms with E-state index in [9.17, 15) is 9.18 Å². The van der Waals surface area contributed by atoms with Crippen LogP contribution in [0.3, 0.4) is 0 Å². The minimum absolute atomic E-state index is 0.0505. The SMILES string of the molecule is CC(C)(C)C(=O)N1N=CCC1c1cccc(F)c1. The first-order chi connectivity index (χ1) is 8.39. The molecule has 1 atom stereocenters. The average Bonchev–Trinajstić information content (AvgIpc) is 2.75. The lowest BCUT2D eigenvalue weighted by atomic mass is 9.94. The van der Waals surface area contributed by atoms with E-state index in [2.05, 4.69) is 5.10 Å². The van der Waals surface area contributed by atoms with Crippen LogP contribution in [0.25, 0.3) is 0 Å². The normalized spacial score (nSPS) is 19.3. The molecule has 0 spiro atoms. The fraction of sp³-hybridized carbons (Fsp3) is 0.429. The Kier molecular flexibility index (Phi) is 3.20. The minimum atomic E-state index is -0.493. The summed E-state index contributed by atoms with van der Waals surface area (Å²) in [4.78, 5) is 12.3. The van der Waals surface area contributed by atoms with Gasteiger partial charge in [0.1, 0.15) is 5.82 Å². The summed E-state index contributed by atoms with van der Waals surface area (Å²) in [7, 11) is 0. The number of rotatable bonds is 1. The van der Waals surface area contributed by atoms with Crippen molar-refractivity contribution in [3.63, 3.8) is 0 Å². The van der Waals surface area contributed by atoms with E-state index in [1.807, 2.05) is 26.8 Å². The first-order valence-corrected chi connectivity index (χ1v) is 6.01. The predicted octanol–water partition coefficient (Wildman–Crippen LogP) is 3.13. The van der Waals surface area contributed by atoms with Crippen molar-refractivity contribution >= 4 is 12.1 Å². The summed E-state index contributed by atoms with van der Waals surface area (Å²) in [5, 5.41) is 5.59. The maximum atomic E-state index is 13.2. The molecule has 18 heavy (non-hydrogen) atoms. The second-order valence-electron chi connectivity index (χ2n) is 5.50. The van der Waals surface area contributed by atoms with Crippen LogP contribution < -0.4 is 0 Å². The van der Waals surface area contributed by atoms with Gasteiger partial charge in [-0.2, -0.15) is 5.10 Å². The highest BCUT2D eigenvalue weighted by Crippen LogP contribution is 2.32. The number of hydrogen-bond acceptors (Lipinski definition) is 2. The van der Waals surface area contributed by atoms with Gasteiger partial charge in [0.2, 0.25) is 5.91 Å². The van der Waals surface area contributed by atoms with Gasteiger partial charge in [-0.05, 0) is 17.7 Å². The van der Waals surface area contributed by atoms with Crippen molar-refractivity contribution in [2.24, 2.45) is 10.5 Å². The van der Waals surface area contributed by atoms with Crippen LogP contribution in [0, 0.1) is 11.2 Å². The average molecular weight is 248 g/mol. The van der Waals surface area contributed by atoms with Crippen LogP contribution in [0.4, 0.5) is 4.39 Å². The molecule has 1 aliphatic heterocycles. The molecular weight excluding hydrogens is 231 g/mol. The molecule has 1 amide bonds. The summed E-state index contributed by atoms with van der Waals surface area (Å²) in [5.41, 5.74) is 0.290. The van der Waals surface area contributed by atoms with Gasteiger partial charge in [-0.1, -0.05) is 32.9 Å². The zero-order chi connectivity index (χ0) is 13.3. The third-order valence-corrected chi connectivity index (χ3v) is 2.91. The summed E-state index contributed by atoms with van der Waals surface area (Å²) in [6, 6.07) is 6.15. The summed E-state index contributed by atoms with van der Waals surface area (Å²) < 4.78 is 13.2. The van der Waals surface area contributed by atoms with Crippen molar-refractivity contribution in [2.75, 3.05) is 0 Å². The molecule has 0 bridgehead atoms. The fourth-order valence-corrected chi connectivity index (χ4v) is 1.94. The smallest absolute Gasteiger partial charge is 0.248 e. The Labute approximate surface area is 106 Å². The summed E-state index contributed by atoms with van der Waals surface area (Å²) in [6.45, 7) is 5.56. The quantitative estimate of drug-likeness (QED) is 0.751. The Bertz CT molecular complexity index is 491. The lowest BCUT2D eigenvalue weighted by molar-refractivity contribution is -0.141. The van der Waals surface area contributed by atoms with Crippen molar-refractivity contribution in [3.05, 3.63) is 35.6 Å². The van der Waals surface area contributed by atoms with Crippen LogP contribution >= 0.6 is 0 Å². The summed E-state index contributed by atoms with van der Waals surface area (Å²) in [6.07, 6.45) is 2.34. The minimum Gasteiger partial charge on any atom is -0.272 e. The molecule has 0 saturated heterocycles. The van der Waals surface area contributed by atoms with Crippen molar-refractivity contribution in [2.45, 2.75) is 33.2 Å². The lowest BCUT2D eigenvalue weighted by Gasteiger charge is -2.28.